The number of rotatable bonds is 3. The van der Waals surface area contributed by atoms with Crippen molar-refractivity contribution in [2.45, 2.75) is 18.7 Å². The summed E-state index contributed by atoms with van der Waals surface area (Å²) in [5.74, 6) is -1.71. The van der Waals surface area contributed by atoms with Crippen LogP contribution in [-0.4, -0.2) is 0 Å². The third-order valence-electron chi connectivity index (χ3n) is 3.05. The van der Waals surface area contributed by atoms with Gasteiger partial charge in [0, 0.05) is 5.02 Å². The van der Waals surface area contributed by atoms with Crippen LogP contribution in [0.1, 0.15) is 22.1 Å². The van der Waals surface area contributed by atoms with Crippen LogP contribution in [0.4, 0.5) is 8.78 Å². The number of hydrogen-bond acceptors (Lipinski definition) is 0. The molecule has 0 N–H and O–H groups in total. The topological polar surface area (TPSA) is 0 Å². The molecule has 0 radical (unpaired) electrons. The quantitative estimate of drug-likeness (QED) is 0.661. The Morgan fingerprint density at radius 2 is 1.84 bits per heavy atom. The highest BCUT2D eigenvalue weighted by atomic mass is 35.5. The van der Waals surface area contributed by atoms with Crippen molar-refractivity contribution < 1.29 is 8.78 Å². The Morgan fingerprint density at radius 1 is 1.11 bits per heavy atom. The van der Waals surface area contributed by atoms with E-state index in [0.717, 1.165) is 17.2 Å². The number of halogens is 4. The van der Waals surface area contributed by atoms with Gasteiger partial charge in [0.15, 0.2) is 11.6 Å². The zero-order chi connectivity index (χ0) is 14.0. The predicted octanol–water partition coefficient (Wildman–Crippen LogP) is 5.45. The molecule has 0 nitrogen and oxygen atoms in total. The van der Waals surface area contributed by atoms with Crippen LogP contribution in [-0.2, 0) is 6.42 Å². The molecule has 2 aromatic rings. The number of hydrogen-bond donors (Lipinski definition) is 0. The van der Waals surface area contributed by atoms with E-state index in [4.69, 9.17) is 23.2 Å². The molecule has 4 heteroatoms. The second kappa shape index (κ2) is 5.89. The van der Waals surface area contributed by atoms with E-state index in [0.29, 0.717) is 17.0 Å². The van der Waals surface area contributed by atoms with Gasteiger partial charge in [-0.3, -0.25) is 0 Å². The zero-order valence-corrected chi connectivity index (χ0v) is 11.8. The van der Waals surface area contributed by atoms with Gasteiger partial charge in [-0.15, -0.1) is 11.6 Å². The summed E-state index contributed by atoms with van der Waals surface area (Å²) in [4.78, 5) is 0. The van der Waals surface area contributed by atoms with E-state index in [1.54, 1.807) is 6.07 Å². The molecule has 0 aliphatic heterocycles. The number of alkyl halides is 1. The normalized spacial score (nSPS) is 12.5. The summed E-state index contributed by atoms with van der Waals surface area (Å²) in [6.07, 6.45) is 0.417. The first-order valence-electron chi connectivity index (χ1n) is 5.82. The molecule has 0 aliphatic carbocycles. The predicted molar refractivity (Wildman–Crippen MR) is 74.8 cm³/mol. The second-order valence-electron chi connectivity index (χ2n) is 4.37. The van der Waals surface area contributed by atoms with E-state index in [-0.39, 0.29) is 5.38 Å². The van der Waals surface area contributed by atoms with Crippen LogP contribution in [0.5, 0.6) is 0 Å². The van der Waals surface area contributed by atoms with Gasteiger partial charge in [0.25, 0.3) is 0 Å². The maximum atomic E-state index is 13.1. The fourth-order valence-electron chi connectivity index (χ4n) is 1.95. The first-order chi connectivity index (χ1) is 8.99. The van der Waals surface area contributed by atoms with E-state index < -0.39 is 11.6 Å². The summed E-state index contributed by atoms with van der Waals surface area (Å²) in [5, 5.41) is 0.317. The lowest BCUT2D eigenvalue weighted by molar-refractivity contribution is 0.507. The fourth-order valence-corrected chi connectivity index (χ4v) is 2.54. The molecule has 1 unspecified atom stereocenters. The highest BCUT2D eigenvalue weighted by Crippen LogP contribution is 2.31. The average Bonchev–Trinajstić information content (AvgIpc) is 2.37. The minimum absolute atomic E-state index is 0.330. The van der Waals surface area contributed by atoms with Crippen molar-refractivity contribution in [2.24, 2.45) is 0 Å². The van der Waals surface area contributed by atoms with Gasteiger partial charge in [0.2, 0.25) is 0 Å². The Kier molecular flexibility index (Phi) is 4.43. The Balaban J connectivity index is 2.23. The molecule has 1 atom stereocenters. The molecule has 0 amide bonds. The van der Waals surface area contributed by atoms with Crippen molar-refractivity contribution in [3.63, 3.8) is 0 Å². The maximum absolute atomic E-state index is 13.1. The van der Waals surface area contributed by atoms with E-state index in [9.17, 15) is 8.78 Å². The summed E-state index contributed by atoms with van der Waals surface area (Å²) in [6.45, 7) is 1.89. The lowest BCUT2D eigenvalue weighted by Crippen LogP contribution is -2.00. The van der Waals surface area contributed by atoms with Crippen LogP contribution in [0, 0.1) is 18.6 Å². The van der Waals surface area contributed by atoms with Crippen molar-refractivity contribution >= 4 is 23.2 Å². The van der Waals surface area contributed by atoms with Crippen molar-refractivity contribution in [2.75, 3.05) is 0 Å². The van der Waals surface area contributed by atoms with Crippen molar-refractivity contribution in [3.8, 4) is 0 Å². The first-order valence-corrected chi connectivity index (χ1v) is 6.63. The number of benzene rings is 2. The summed E-state index contributed by atoms with van der Waals surface area (Å²) < 4.78 is 26.0. The molecule has 0 bridgehead atoms. The van der Waals surface area contributed by atoms with Crippen LogP contribution in [0.25, 0.3) is 0 Å². The van der Waals surface area contributed by atoms with Gasteiger partial charge in [-0.25, -0.2) is 8.78 Å². The zero-order valence-electron chi connectivity index (χ0n) is 10.3. The average molecular weight is 301 g/mol. The van der Waals surface area contributed by atoms with Gasteiger partial charge in [0.1, 0.15) is 0 Å². The molecule has 0 fully saturated rings. The maximum Gasteiger partial charge on any atom is 0.159 e. The van der Waals surface area contributed by atoms with Crippen LogP contribution < -0.4 is 0 Å². The Bertz CT molecular complexity index is 597. The molecule has 19 heavy (non-hydrogen) atoms. The SMILES string of the molecule is Cc1c(Cl)cccc1C(Cl)Cc1ccc(F)c(F)c1. The molecule has 0 aliphatic rings. The molecule has 100 valence electrons. The molecule has 0 aromatic heterocycles. The highest BCUT2D eigenvalue weighted by Gasteiger charge is 2.14. The molecule has 2 aromatic carbocycles. The van der Waals surface area contributed by atoms with Gasteiger partial charge in [-0.05, 0) is 48.2 Å². The smallest absolute Gasteiger partial charge is 0.159 e. The van der Waals surface area contributed by atoms with Gasteiger partial charge in [-0.2, -0.15) is 0 Å². The fraction of sp³-hybridized carbons (Fsp3) is 0.200. The summed E-state index contributed by atoms with van der Waals surface area (Å²) in [5.41, 5.74) is 2.46. The lowest BCUT2D eigenvalue weighted by Gasteiger charge is -2.14. The summed E-state index contributed by atoms with van der Waals surface area (Å²) in [6, 6.07) is 9.32. The van der Waals surface area contributed by atoms with Crippen LogP contribution >= 0.6 is 23.2 Å². The van der Waals surface area contributed by atoms with E-state index in [2.05, 4.69) is 0 Å². The lowest BCUT2D eigenvalue weighted by atomic mass is 10.00. The van der Waals surface area contributed by atoms with Crippen molar-refractivity contribution in [1.29, 1.82) is 0 Å². The van der Waals surface area contributed by atoms with Gasteiger partial charge in [-0.1, -0.05) is 29.8 Å². The van der Waals surface area contributed by atoms with Crippen LogP contribution in [0.15, 0.2) is 36.4 Å². The third-order valence-corrected chi connectivity index (χ3v) is 3.84. The van der Waals surface area contributed by atoms with E-state index >= 15 is 0 Å². The van der Waals surface area contributed by atoms with Gasteiger partial charge < -0.3 is 0 Å². The van der Waals surface area contributed by atoms with Crippen molar-refractivity contribution in [1.82, 2.24) is 0 Å². The Hall–Kier alpha value is -1.12. The minimum atomic E-state index is -0.857. The van der Waals surface area contributed by atoms with Crippen LogP contribution in [0.3, 0.4) is 0 Å². The molecule has 2 rings (SSSR count). The van der Waals surface area contributed by atoms with Crippen LogP contribution in [0.2, 0.25) is 5.02 Å². The molecule has 0 spiro atoms. The Labute approximate surface area is 121 Å². The van der Waals surface area contributed by atoms with Crippen molar-refractivity contribution in [3.05, 3.63) is 69.7 Å². The third kappa shape index (κ3) is 3.26. The standard InChI is InChI=1S/C15H12Cl2F2/c1-9-11(3-2-4-12(9)16)13(17)7-10-5-6-14(18)15(19)8-10/h2-6,8,13H,7H2,1H3. The molecule has 0 saturated heterocycles. The molecule has 0 heterocycles. The molecular weight excluding hydrogens is 289 g/mol. The van der Waals surface area contributed by atoms with Gasteiger partial charge >= 0.3 is 0 Å². The minimum Gasteiger partial charge on any atom is -0.204 e. The monoisotopic (exact) mass is 300 g/mol. The van der Waals surface area contributed by atoms with E-state index in [1.807, 2.05) is 19.1 Å². The first kappa shape index (κ1) is 14.3. The molecule has 0 saturated carbocycles. The molecular formula is C15H12Cl2F2. The largest absolute Gasteiger partial charge is 0.204 e. The van der Waals surface area contributed by atoms with Gasteiger partial charge in [0.05, 0.1) is 5.38 Å². The van der Waals surface area contributed by atoms with E-state index in [1.165, 1.54) is 12.1 Å². The second-order valence-corrected chi connectivity index (χ2v) is 5.31. The summed E-state index contributed by atoms with van der Waals surface area (Å²) >= 11 is 12.4. The highest BCUT2D eigenvalue weighted by molar-refractivity contribution is 6.31. The summed E-state index contributed by atoms with van der Waals surface area (Å²) in [7, 11) is 0. The Morgan fingerprint density at radius 3 is 2.53 bits per heavy atom.